The Morgan fingerprint density at radius 1 is 1.19 bits per heavy atom. The Balaban J connectivity index is 1.52. The SMILES string of the molecule is COc1cccc(N2CCN(CC3CCCC3O)CC2)c1. The standard InChI is InChI=1S/C17H26N2O2/c1-21-16-6-3-5-15(12-16)19-10-8-18(9-11-19)13-14-4-2-7-17(14)20/h3,5-6,12,14,17,20H,2,4,7-11,13H2,1H3. The summed E-state index contributed by atoms with van der Waals surface area (Å²) in [6, 6.07) is 8.30. The van der Waals surface area contributed by atoms with Crippen LogP contribution in [0.1, 0.15) is 19.3 Å². The minimum Gasteiger partial charge on any atom is -0.497 e. The van der Waals surface area contributed by atoms with Crippen LogP contribution < -0.4 is 9.64 Å². The van der Waals surface area contributed by atoms with Gasteiger partial charge < -0.3 is 14.7 Å². The van der Waals surface area contributed by atoms with Crippen LogP contribution in [0.15, 0.2) is 24.3 Å². The molecule has 0 bridgehead atoms. The van der Waals surface area contributed by atoms with Crippen LogP contribution in [0.2, 0.25) is 0 Å². The number of benzene rings is 1. The first kappa shape index (κ1) is 14.7. The number of anilines is 1. The van der Waals surface area contributed by atoms with Crippen molar-refractivity contribution >= 4 is 5.69 Å². The van der Waals surface area contributed by atoms with Gasteiger partial charge in [-0.05, 0) is 30.9 Å². The molecule has 1 aliphatic heterocycles. The average Bonchev–Trinajstić information content (AvgIpc) is 2.93. The molecule has 1 saturated heterocycles. The summed E-state index contributed by atoms with van der Waals surface area (Å²) in [7, 11) is 1.71. The molecule has 116 valence electrons. The maximum atomic E-state index is 9.96. The summed E-state index contributed by atoms with van der Waals surface area (Å²) in [5.41, 5.74) is 1.25. The topological polar surface area (TPSA) is 35.9 Å². The minimum atomic E-state index is -0.0681. The van der Waals surface area contributed by atoms with Gasteiger partial charge in [-0.15, -0.1) is 0 Å². The molecule has 2 unspecified atom stereocenters. The predicted molar refractivity (Wildman–Crippen MR) is 85.0 cm³/mol. The molecule has 4 nitrogen and oxygen atoms in total. The molecular formula is C17H26N2O2. The van der Waals surface area contributed by atoms with Gasteiger partial charge in [0.25, 0.3) is 0 Å². The summed E-state index contributed by atoms with van der Waals surface area (Å²) in [5.74, 6) is 1.41. The van der Waals surface area contributed by atoms with Crippen LogP contribution in [0.5, 0.6) is 5.75 Å². The van der Waals surface area contributed by atoms with Gasteiger partial charge in [0.15, 0.2) is 0 Å². The van der Waals surface area contributed by atoms with E-state index in [1.54, 1.807) is 7.11 Å². The third-order valence-electron chi connectivity index (χ3n) is 4.90. The molecule has 1 aliphatic carbocycles. The van der Waals surface area contributed by atoms with E-state index in [2.05, 4.69) is 28.0 Å². The summed E-state index contributed by atoms with van der Waals surface area (Å²) in [6.45, 7) is 5.33. The van der Waals surface area contributed by atoms with Crippen LogP contribution >= 0.6 is 0 Å². The van der Waals surface area contributed by atoms with Gasteiger partial charge in [0.2, 0.25) is 0 Å². The Morgan fingerprint density at radius 2 is 2.00 bits per heavy atom. The maximum absolute atomic E-state index is 9.96. The Kier molecular flexibility index (Phi) is 4.66. The first-order valence-corrected chi connectivity index (χ1v) is 8.05. The smallest absolute Gasteiger partial charge is 0.120 e. The van der Waals surface area contributed by atoms with E-state index in [9.17, 15) is 5.11 Å². The minimum absolute atomic E-state index is 0.0681. The summed E-state index contributed by atoms with van der Waals surface area (Å²) in [5, 5.41) is 9.96. The van der Waals surface area contributed by atoms with Gasteiger partial charge in [-0.3, -0.25) is 4.90 Å². The van der Waals surface area contributed by atoms with Crippen molar-refractivity contribution in [1.82, 2.24) is 4.90 Å². The third kappa shape index (κ3) is 3.50. The van der Waals surface area contributed by atoms with E-state index in [4.69, 9.17) is 4.74 Å². The highest BCUT2D eigenvalue weighted by atomic mass is 16.5. The molecular weight excluding hydrogens is 264 g/mol. The van der Waals surface area contributed by atoms with Gasteiger partial charge in [-0.25, -0.2) is 0 Å². The monoisotopic (exact) mass is 290 g/mol. The van der Waals surface area contributed by atoms with Gasteiger partial charge in [-0.2, -0.15) is 0 Å². The number of nitrogens with zero attached hydrogens (tertiary/aromatic N) is 2. The van der Waals surface area contributed by atoms with Crippen molar-refractivity contribution in [3.8, 4) is 5.75 Å². The van der Waals surface area contributed by atoms with Crippen molar-refractivity contribution < 1.29 is 9.84 Å². The second kappa shape index (κ2) is 6.67. The fourth-order valence-corrected chi connectivity index (χ4v) is 3.56. The number of rotatable bonds is 4. The highest BCUT2D eigenvalue weighted by Crippen LogP contribution is 2.27. The van der Waals surface area contributed by atoms with Crippen molar-refractivity contribution in [2.75, 3.05) is 44.7 Å². The Hall–Kier alpha value is -1.26. The van der Waals surface area contributed by atoms with E-state index in [0.717, 1.165) is 44.9 Å². The van der Waals surface area contributed by atoms with E-state index >= 15 is 0 Å². The molecule has 2 fully saturated rings. The number of methoxy groups -OCH3 is 1. The molecule has 4 heteroatoms. The fourth-order valence-electron chi connectivity index (χ4n) is 3.56. The summed E-state index contributed by atoms with van der Waals surface area (Å²) >= 11 is 0. The number of aliphatic hydroxyl groups is 1. The van der Waals surface area contributed by atoms with Crippen LogP contribution in [0, 0.1) is 5.92 Å². The normalized spacial score (nSPS) is 27.0. The molecule has 21 heavy (non-hydrogen) atoms. The van der Waals surface area contributed by atoms with E-state index in [1.807, 2.05) is 6.07 Å². The van der Waals surface area contributed by atoms with Crippen LogP contribution in [0.4, 0.5) is 5.69 Å². The number of piperazine rings is 1. The quantitative estimate of drug-likeness (QED) is 0.920. The molecule has 2 aliphatic rings. The molecule has 1 saturated carbocycles. The third-order valence-corrected chi connectivity index (χ3v) is 4.90. The van der Waals surface area contributed by atoms with Gasteiger partial charge in [0.1, 0.15) is 5.75 Å². The molecule has 1 aromatic rings. The van der Waals surface area contributed by atoms with E-state index in [-0.39, 0.29) is 6.10 Å². The number of aliphatic hydroxyl groups excluding tert-OH is 1. The van der Waals surface area contributed by atoms with Crippen molar-refractivity contribution in [3.63, 3.8) is 0 Å². The summed E-state index contributed by atoms with van der Waals surface area (Å²) < 4.78 is 5.30. The lowest BCUT2D eigenvalue weighted by molar-refractivity contribution is 0.0997. The zero-order chi connectivity index (χ0) is 14.7. The Bertz CT molecular complexity index is 458. The van der Waals surface area contributed by atoms with E-state index < -0.39 is 0 Å². The van der Waals surface area contributed by atoms with Gasteiger partial charge in [-0.1, -0.05) is 12.5 Å². The maximum Gasteiger partial charge on any atom is 0.120 e. The number of ether oxygens (including phenoxy) is 1. The zero-order valence-corrected chi connectivity index (χ0v) is 12.9. The molecule has 0 spiro atoms. The van der Waals surface area contributed by atoms with Crippen LogP contribution in [-0.4, -0.2) is 55.9 Å². The van der Waals surface area contributed by atoms with Gasteiger partial charge >= 0.3 is 0 Å². The second-order valence-corrected chi connectivity index (χ2v) is 6.25. The summed E-state index contributed by atoms with van der Waals surface area (Å²) in [6.07, 6.45) is 3.31. The Morgan fingerprint density at radius 3 is 2.67 bits per heavy atom. The lowest BCUT2D eigenvalue weighted by Gasteiger charge is -2.37. The second-order valence-electron chi connectivity index (χ2n) is 6.25. The largest absolute Gasteiger partial charge is 0.497 e. The highest BCUT2D eigenvalue weighted by molar-refractivity contribution is 5.51. The molecule has 1 heterocycles. The lowest BCUT2D eigenvalue weighted by atomic mass is 10.0. The van der Waals surface area contributed by atoms with Crippen molar-refractivity contribution in [2.45, 2.75) is 25.4 Å². The zero-order valence-electron chi connectivity index (χ0n) is 12.9. The molecule has 0 amide bonds. The molecule has 1 aromatic carbocycles. The van der Waals surface area contributed by atoms with Crippen LogP contribution in [-0.2, 0) is 0 Å². The number of hydrogen-bond donors (Lipinski definition) is 1. The first-order valence-electron chi connectivity index (χ1n) is 8.05. The van der Waals surface area contributed by atoms with E-state index in [1.165, 1.54) is 18.5 Å². The van der Waals surface area contributed by atoms with Crippen molar-refractivity contribution in [1.29, 1.82) is 0 Å². The molecule has 1 N–H and O–H groups in total. The molecule has 0 radical (unpaired) electrons. The lowest BCUT2D eigenvalue weighted by Crippen LogP contribution is -2.48. The van der Waals surface area contributed by atoms with Gasteiger partial charge in [0.05, 0.1) is 13.2 Å². The van der Waals surface area contributed by atoms with Crippen molar-refractivity contribution in [3.05, 3.63) is 24.3 Å². The number of hydrogen-bond acceptors (Lipinski definition) is 4. The fraction of sp³-hybridized carbons (Fsp3) is 0.647. The molecule has 3 rings (SSSR count). The average molecular weight is 290 g/mol. The molecule has 2 atom stereocenters. The van der Waals surface area contributed by atoms with Crippen molar-refractivity contribution in [2.24, 2.45) is 5.92 Å². The highest BCUT2D eigenvalue weighted by Gasteiger charge is 2.28. The van der Waals surface area contributed by atoms with Gasteiger partial charge in [0, 0.05) is 44.5 Å². The first-order chi connectivity index (χ1) is 10.3. The van der Waals surface area contributed by atoms with E-state index in [0.29, 0.717) is 5.92 Å². The molecule has 0 aromatic heterocycles. The predicted octanol–water partition coefficient (Wildman–Crippen LogP) is 1.98. The Labute approximate surface area is 127 Å². The van der Waals surface area contributed by atoms with Crippen LogP contribution in [0.3, 0.4) is 0 Å². The summed E-state index contributed by atoms with van der Waals surface area (Å²) in [4.78, 5) is 4.93. The van der Waals surface area contributed by atoms with Crippen LogP contribution in [0.25, 0.3) is 0 Å².